The molecule has 1 saturated carbocycles. The molecule has 0 spiro atoms. The predicted molar refractivity (Wildman–Crippen MR) is 88.8 cm³/mol. The number of aliphatic hydroxyl groups excluding tert-OH is 1. The van der Waals surface area contributed by atoms with Gasteiger partial charge in [0.15, 0.2) is 0 Å². The second-order valence-electron chi connectivity index (χ2n) is 6.27. The summed E-state index contributed by atoms with van der Waals surface area (Å²) in [5, 5.41) is 17.4. The minimum Gasteiger partial charge on any atom is -0.391 e. The van der Waals surface area contributed by atoms with E-state index in [0.29, 0.717) is 5.56 Å². The lowest BCUT2D eigenvalue weighted by Gasteiger charge is -2.28. The Bertz CT molecular complexity index is 708. The van der Waals surface area contributed by atoms with Gasteiger partial charge in [-0.1, -0.05) is 31.0 Å². The number of aryl methyl sites for hydroxylation is 1. The van der Waals surface area contributed by atoms with Gasteiger partial charge in [0.25, 0.3) is 5.91 Å². The van der Waals surface area contributed by atoms with Gasteiger partial charge in [-0.05, 0) is 38.3 Å². The summed E-state index contributed by atoms with van der Waals surface area (Å²) < 4.78 is 1.79. The van der Waals surface area contributed by atoms with Crippen molar-refractivity contribution < 1.29 is 9.90 Å². The van der Waals surface area contributed by atoms with Crippen LogP contribution in [-0.4, -0.2) is 32.9 Å². The first-order valence-electron chi connectivity index (χ1n) is 8.17. The van der Waals surface area contributed by atoms with E-state index in [4.69, 9.17) is 0 Å². The lowest BCUT2D eigenvalue weighted by molar-refractivity contribution is 0.0717. The molecule has 1 aromatic carbocycles. The Morgan fingerprint density at radius 1 is 1.26 bits per heavy atom. The summed E-state index contributed by atoms with van der Waals surface area (Å²) in [6.07, 6.45) is 4.82. The fourth-order valence-corrected chi connectivity index (χ4v) is 3.20. The minimum atomic E-state index is -0.445. The van der Waals surface area contributed by atoms with E-state index in [0.717, 1.165) is 42.6 Å². The van der Waals surface area contributed by atoms with Crippen molar-refractivity contribution in [2.24, 2.45) is 0 Å². The quantitative estimate of drug-likeness (QED) is 0.915. The zero-order chi connectivity index (χ0) is 16.4. The molecule has 5 nitrogen and oxygen atoms in total. The van der Waals surface area contributed by atoms with Crippen LogP contribution in [0.25, 0.3) is 5.69 Å². The number of hydrogen-bond donors (Lipinski definition) is 2. The smallest absolute Gasteiger partial charge is 0.255 e. The Hall–Kier alpha value is -2.14. The zero-order valence-electron chi connectivity index (χ0n) is 13.6. The molecule has 2 unspecified atom stereocenters. The van der Waals surface area contributed by atoms with Gasteiger partial charge in [-0.2, -0.15) is 5.10 Å². The highest BCUT2D eigenvalue weighted by atomic mass is 16.3. The van der Waals surface area contributed by atoms with Crippen molar-refractivity contribution in [2.45, 2.75) is 51.7 Å². The van der Waals surface area contributed by atoms with Crippen molar-refractivity contribution in [3.8, 4) is 5.69 Å². The second-order valence-corrected chi connectivity index (χ2v) is 6.27. The Labute approximate surface area is 136 Å². The van der Waals surface area contributed by atoms with E-state index in [2.05, 4.69) is 10.4 Å². The number of benzene rings is 1. The van der Waals surface area contributed by atoms with E-state index < -0.39 is 6.10 Å². The molecule has 0 bridgehead atoms. The molecule has 3 rings (SSSR count). The highest BCUT2D eigenvalue weighted by Gasteiger charge is 2.26. The van der Waals surface area contributed by atoms with E-state index in [9.17, 15) is 9.90 Å². The number of para-hydroxylation sites is 1. The molecular formula is C18H23N3O2. The zero-order valence-corrected chi connectivity index (χ0v) is 13.6. The summed E-state index contributed by atoms with van der Waals surface area (Å²) in [5.41, 5.74) is 3.45. The molecule has 0 radical (unpaired) electrons. The molecular weight excluding hydrogens is 290 g/mol. The first kappa shape index (κ1) is 15.7. The first-order chi connectivity index (χ1) is 11.1. The number of aromatic nitrogens is 2. The van der Waals surface area contributed by atoms with Crippen LogP contribution >= 0.6 is 0 Å². The van der Waals surface area contributed by atoms with Gasteiger partial charge >= 0.3 is 0 Å². The lowest BCUT2D eigenvalue weighted by Crippen LogP contribution is -2.45. The SMILES string of the molecule is Cc1ccccc1-n1ncc(C(=O)NC2CCCCC2O)c1C. The number of hydrogen-bond acceptors (Lipinski definition) is 3. The van der Waals surface area contributed by atoms with Crippen LogP contribution in [0.2, 0.25) is 0 Å². The standard InChI is InChI=1S/C18H23N3O2/c1-12-7-3-5-9-16(12)21-13(2)14(11-19-21)18(23)20-15-8-4-6-10-17(15)22/h3,5,7,9,11,15,17,22H,4,6,8,10H2,1-2H3,(H,20,23). The van der Waals surface area contributed by atoms with Gasteiger partial charge in [-0.3, -0.25) is 4.79 Å². The Morgan fingerprint density at radius 2 is 2.00 bits per heavy atom. The second kappa shape index (κ2) is 6.54. The van der Waals surface area contributed by atoms with Crippen LogP contribution in [0, 0.1) is 13.8 Å². The maximum absolute atomic E-state index is 12.5. The van der Waals surface area contributed by atoms with Crippen LogP contribution in [0.5, 0.6) is 0 Å². The molecule has 0 saturated heterocycles. The molecule has 1 heterocycles. The Morgan fingerprint density at radius 3 is 2.74 bits per heavy atom. The van der Waals surface area contributed by atoms with Crippen molar-refractivity contribution in [1.82, 2.24) is 15.1 Å². The first-order valence-corrected chi connectivity index (χ1v) is 8.17. The van der Waals surface area contributed by atoms with Crippen LogP contribution in [0.15, 0.2) is 30.5 Å². The third-order valence-electron chi connectivity index (χ3n) is 4.64. The predicted octanol–water partition coefficient (Wildman–Crippen LogP) is 2.52. The van der Waals surface area contributed by atoms with Crippen molar-refractivity contribution in [3.63, 3.8) is 0 Å². The van der Waals surface area contributed by atoms with E-state index >= 15 is 0 Å². The Balaban J connectivity index is 1.81. The fourth-order valence-electron chi connectivity index (χ4n) is 3.20. The van der Waals surface area contributed by atoms with E-state index in [-0.39, 0.29) is 11.9 Å². The van der Waals surface area contributed by atoms with Crippen LogP contribution in [-0.2, 0) is 0 Å². The Kier molecular flexibility index (Phi) is 4.48. The molecule has 1 aromatic heterocycles. The molecule has 2 N–H and O–H groups in total. The highest BCUT2D eigenvalue weighted by Crippen LogP contribution is 2.20. The molecule has 0 aliphatic heterocycles. The third-order valence-corrected chi connectivity index (χ3v) is 4.64. The number of amides is 1. The van der Waals surface area contributed by atoms with Crippen molar-refractivity contribution in [3.05, 3.63) is 47.3 Å². The van der Waals surface area contributed by atoms with Crippen LogP contribution in [0.4, 0.5) is 0 Å². The van der Waals surface area contributed by atoms with Gasteiger partial charge in [0.1, 0.15) is 0 Å². The highest BCUT2D eigenvalue weighted by molar-refractivity contribution is 5.95. The number of carbonyl (C=O) groups is 1. The molecule has 1 fully saturated rings. The van der Waals surface area contributed by atoms with Gasteiger partial charge in [0.05, 0.1) is 35.3 Å². The van der Waals surface area contributed by atoms with Crippen molar-refractivity contribution in [1.29, 1.82) is 0 Å². The molecule has 23 heavy (non-hydrogen) atoms. The molecule has 122 valence electrons. The molecule has 1 amide bonds. The lowest BCUT2D eigenvalue weighted by atomic mass is 9.92. The fraction of sp³-hybridized carbons (Fsp3) is 0.444. The van der Waals surface area contributed by atoms with Crippen molar-refractivity contribution >= 4 is 5.91 Å². The summed E-state index contributed by atoms with van der Waals surface area (Å²) in [4.78, 5) is 12.5. The molecule has 1 aliphatic rings. The van der Waals surface area contributed by atoms with Crippen LogP contribution in [0.1, 0.15) is 47.3 Å². The topological polar surface area (TPSA) is 67.2 Å². The molecule has 5 heteroatoms. The molecule has 2 aromatic rings. The monoisotopic (exact) mass is 313 g/mol. The number of rotatable bonds is 3. The maximum Gasteiger partial charge on any atom is 0.255 e. The van der Waals surface area contributed by atoms with E-state index in [1.165, 1.54) is 0 Å². The van der Waals surface area contributed by atoms with Gasteiger partial charge < -0.3 is 10.4 Å². The van der Waals surface area contributed by atoms with Crippen molar-refractivity contribution in [2.75, 3.05) is 0 Å². The number of carbonyl (C=O) groups excluding carboxylic acids is 1. The third kappa shape index (κ3) is 3.15. The average molecular weight is 313 g/mol. The number of aliphatic hydroxyl groups is 1. The summed E-state index contributed by atoms with van der Waals surface area (Å²) in [5.74, 6) is -0.159. The normalized spacial score (nSPS) is 21.2. The van der Waals surface area contributed by atoms with E-state index in [1.54, 1.807) is 10.9 Å². The molecule has 1 aliphatic carbocycles. The van der Waals surface area contributed by atoms with Crippen LogP contribution < -0.4 is 5.32 Å². The van der Waals surface area contributed by atoms with Gasteiger partial charge in [0.2, 0.25) is 0 Å². The van der Waals surface area contributed by atoms with Crippen LogP contribution in [0.3, 0.4) is 0 Å². The summed E-state index contributed by atoms with van der Waals surface area (Å²) in [6.45, 7) is 3.92. The van der Waals surface area contributed by atoms with E-state index in [1.807, 2.05) is 38.1 Å². The average Bonchev–Trinajstić information content (AvgIpc) is 2.92. The van der Waals surface area contributed by atoms with Gasteiger partial charge in [-0.15, -0.1) is 0 Å². The molecule has 2 atom stereocenters. The number of nitrogens with one attached hydrogen (secondary N) is 1. The largest absolute Gasteiger partial charge is 0.391 e. The summed E-state index contributed by atoms with van der Waals surface area (Å²) in [6, 6.07) is 7.80. The summed E-state index contributed by atoms with van der Waals surface area (Å²) >= 11 is 0. The summed E-state index contributed by atoms with van der Waals surface area (Å²) in [7, 11) is 0. The van der Waals surface area contributed by atoms with Gasteiger partial charge in [0, 0.05) is 0 Å². The van der Waals surface area contributed by atoms with Gasteiger partial charge in [-0.25, -0.2) is 4.68 Å². The minimum absolute atomic E-state index is 0.155. The maximum atomic E-state index is 12.5. The number of nitrogens with zero attached hydrogens (tertiary/aromatic N) is 2.